The molecule has 0 aliphatic heterocycles. The minimum atomic E-state index is -0.612. The van der Waals surface area contributed by atoms with E-state index in [0.717, 1.165) is 5.56 Å². The molecule has 0 saturated heterocycles. The first kappa shape index (κ1) is 22.1. The molecule has 2 aromatic rings. The van der Waals surface area contributed by atoms with Crippen molar-refractivity contribution in [3.05, 3.63) is 48.3 Å². The Morgan fingerprint density at radius 3 is 2.45 bits per heavy atom. The van der Waals surface area contributed by atoms with E-state index >= 15 is 0 Å². The van der Waals surface area contributed by atoms with Crippen LogP contribution >= 0.6 is 0 Å². The topological polar surface area (TPSA) is 99.6 Å². The van der Waals surface area contributed by atoms with Gasteiger partial charge in [-0.1, -0.05) is 30.3 Å². The predicted molar refractivity (Wildman–Crippen MR) is 107 cm³/mol. The van der Waals surface area contributed by atoms with E-state index in [2.05, 4.69) is 15.3 Å². The molecule has 0 bridgehead atoms. The zero-order valence-electron chi connectivity index (χ0n) is 17.0. The molecular weight excluding hydrogens is 374 g/mol. The van der Waals surface area contributed by atoms with Crippen molar-refractivity contribution in [3.8, 4) is 5.88 Å². The summed E-state index contributed by atoms with van der Waals surface area (Å²) in [4.78, 5) is 31.6. The number of ether oxygens (including phenoxy) is 3. The minimum absolute atomic E-state index is 0.171. The number of esters is 1. The zero-order valence-corrected chi connectivity index (χ0v) is 17.0. The highest BCUT2D eigenvalue weighted by atomic mass is 16.6. The zero-order chi connectivity index (χ0) is 21.1. The van der Waals surface area contributed by atoms with Crippen LogP contribution in [-0.4, -0.2) is 34.2 Å². The molecule has 156 valence electrons. The molecule has 8 nitrogen and oxygen atoms in total. The Morgan fingerprint density at radius 2 is 1.79 bits per heavy atom. The van der Waals surface area contributed by atoms with Crippen LogP contribution in [0.25, 0.3) is 0 Å². The van der Waals surface area contributed by atoms with Crippen LogP contribution in [0.3, 0.4) is 0 Å². The number of amides is 1. The number of aromatic nitrogens is 2. The molecule has 29 heavy (non-hydrogen) atoms. The molecule has 1 N–H and O–H groups in total. The van der Waals surface area contributed by atoms with Crippen molar-refractivity contribution >= 4 is 17.9 Å². The maximum atomic E-state index is 11.8. The number of unbranched alkanes of at least 4 members (excludes halogenated alkanes) is 1. The Balaban J connectivity index is 1.63. The highest BCUT2D eigenvalue weighted by molar-refractivity contribution is 5.83. The van der Waals surface area contributed by atoms with Gasteiger partial charge in [0.1, 0.15) is 12.2 Å². The van der Waals surface area contributed by atoms with Crippen LogP contribution < -0.4 is 10.1 Å². The van der Waals surface area contributed by atoms with Crippen molar-refractivity contribution in [1.82, 2.24) is 9.97 Å². The lowest BCUT2D eigenvalue weighted by Gasteiger charge is -2.19. The van der Waals surface area contributed by atoms with Gasteiger partial charge >= 0.3 is 12.1 Å². The Kier molecular flexibility index (Phi) is 8.39. The number of carbonyl (C=O) groups excluding carboxylic acids is 2. The fourth-order valence-electron chi connectivity index (χ4n) is 2.26. The van der Waals surface area contributed by atoms with Crippen molar-refractivity contribution in [2.75, 3.05) is 11.9 Å². The number of carbonyl (C=O) groups is 2. The van der Waals surface area contributed by atoms with E-state index < -0.39 is 11.7 Å². The maximum absolute atomic E-state index is 11.8. The summed E-state index contributed by atoms with van der Waals surface area (Å²) in [5.74, 6) is 0.387. The minimum Gasteiger partial charge on any atom is -0.477 e. The van der Waals surface area contributed by atoms with Gasteiger partial charge in [0.05, 0.1) is 19.0 Å². The third-order valence-electron chi connectivity index (χ3n) is 3.52. The molecule has 1 amide bonds. The third-order valence-corrected chi connectivity index (χ3v) is 3.52. The van der Waals surface area contributed by atoms with E-state index in [-0.39, 0.29) is 18.4 Å². The Hall–Kier alpha value is -3.16. The highest BCUT2D eigenvalue weighted by Crippen LogP contribution is 2.11. The Bertz CT molecular complexity index is 773. The van der Waals surface area contributed by atoms with Gasteiger partial charge in [0.25, 0.3) is 0 Å². The van der Waals surface area contributed by atoms with Crippen LogP contribution in [0, 0.1) is 0 Å². The van der Waals surface area contributed by atoms with Crippen LogP contribution in [-0.2, 0) is 20.9 Å². The predicted octanol–water partition coefficient (Wildman–Crippen LogP) is 4.12. The van der Waals surface area contributed by atoms with Gasteiger partial charge in [0, 0.05) is 6.42 Å². The van der Waals surface area contributed by atoms with Gasteiger partial charge < -0.3 is 14.2 Å². The molecule has 0 aliphatic carbocycles. The smallest absolute Gasteiger partial charge is 0.413 e. The number of nitrogens with one attached hydrogen (secondary N) is 1. The number of benzene rings is 1. The fraction of sp³-hybridized carbons (Fsp3) is 0.429. The highest BCUT2D eigenvalue weighted by Gasteiger charge is 2.15. The van der Waals surface area contributed by atoms with E-state index in [1.54, 1.807) is 0 Å². The summed E-state index contributed by atoms with van der Waals surface area (Å²) >= 11 is 0. The van der Waals surface area contributed by atoms with E-state index in [9.17, 15) is 9.59 Å². The lowest BCUT2D eigenvalue weighted by molar-refractivity contribution is -0.154. The van der Waals surface area contributed by atoms with Crippen molar-refractivity contribution in [1.29, 1.82) is 0 Å². The van der Waals surface area contributed by atoms with Crippen LogP contribution in [0.4, 0.5) is 10.6 Å². The van der Waals surface area contributed by atoms with E-state index in [1.807, 2.05) is 51.1 Å². The van der Waals surface area contributed by atoms with Crippen molar-refractivity contribution in [3.63, 3.8) is 0 Å². The second-order valence-corrected chi connectivity index (χ2v) is 7.32. The molecule has 0 aliphatic rings. The second kappa shape index (κ2) is 11.0. The van der Waals surface area contributed by atoms with Crippen molar-refractivity contribution in [2.24, 2.45) is 0 Å². The first-order chi connectivity index (χ1) is 13.8. The van der Waals surface area contributed by atoms with Gasteiger partial charge in [-0.05, 0) is 39.2 Å². The number of hydrogen-bond acceptors (Lipinski definition) is 7. The summed E-state index contributed by atoms with van der Waals surface area (Å²) < 4.78 is 15.8. The lowest BCUT2D eigenvalue weighted by Crippen LogP contribution is -2.23. The van der Waals surface area contributed by atoms with E-state index in [1.165, 1.54) is 12.4 Å². The molecular formula is C21H27N3O5. The van der Waals surface area contributed by atoms with Gasteiger partial charge in [0.2, 0.25) is 5.88 Å². The number of hydrogen-bond donors (Lipinski definition) is 1. The quantitative estimate of drug-likeness (QED) is 0.498. The molecule has 0 unspecified atom stereocenters. The second-order valence-electron chi connectivity index (χ2n) is 7.32. The average Bonchev–Trinajstić information content (AvgIpc) is 2.67. The summed E-state index contributed by atoms with van der Waals surface area (Å²) in [6, 6.07) is 9.37. The van der Waals surface area contributed by atoms with Gasteiger partial charge in [-0.3, -0.25) is 10.1 Å². The first-order valence-electron chi connectivity index (χ1n) is 9.46. The lowest BCUT2D eigenvalue weighted by atomic mass is 10.2. The van der Waals surface area contributed by atoms with Crippen molar-refractivity contribution < 1.29 is 23.8 Å². The van der Waals surface area contributed by atoms with Gasteiger partial charge in [-0.25, -0.2) is 14.8 Å². The maximum Gasteiger partial charge on any atom is 0.413 e. The number of anilines is 1. The molecule has 8 heteroatoms. The number of nitrogens with zero attached hydrogens (tertiary/aromatic N) is 2. The van der Waals surface area contributed by atoms with Crippen LogP contribution in [0.5, 0.6) is 5.88 Å². The largest absolute Gasteiger partial charge is 0.477 e. The first-order valence-corrected chi connectivity index (χ1v) is 9.46. The molecule has 0 radical (unpaired) electrons. The average molecular weight is 401 g/mol. The molecule has 0 atom stereocenters. The standard InChI is InChI=1S/C21H27N3O5/c1-21(2,3)29-19(25)11-7-8-12-27-18-14-22-17(13-23-18)24-20(26)28-15-16-9-5-4-6-10-16/h4-6,9-10,13-14H,7-8,11-12,15H2,1-3H3,(H,22,24,26). The molecule has 1 aromatic heterocycles. The Morgan fingerprint density at radius 1 is 1.03 bits per heavy atom. The SMILES string of the molecule is CC(C)(C)OC(=O)CCCCOc1cnc(NC(=O)OCc2ccccc2)cn1. The summed E-state index contributed by atoms with van der Waals surface area (Å²) in [5.41, 5.74) is 0.427. The van der Waals surface area contributed by atoms with E-state index in [4.69, 9.17) is 14.2 Å². The Labute approximate surface area is 170 Å². The summed E-state index contributed by atoms with van der Waals surface area (Å²) in [5, 5.41) is 2.51. The molecule has 1 aromatic carbocycles. The summed E-state index contributed by atoms with van der Waals surface area (Å²) in [6.07, 6.45) is 3.89. The summed E-state index contributed by atoms with van der Waals surface area (Å²) in [6.45, 7) is 6.10. The van der Waals surface area contributed by atoms with Crippen LogP contribution in [0.2, 0.25) is 0 Å². The molecule has 0 fully saturated rings. The molecule has 2 rings (SSSR count). The van der Waals surface area contributed by atoms with Crippen LogP contribution in [0.15, 0.2) is 42.7 Å². The molecule has 0 saturated carbocycles. The van der Waals surface area contributed by atoms with Gasteiger partial charge in [0.15, 0.2) is 5.82 Å². The van der Waals surface area contributed by atoms with Gasteiger partial charge in [-0.15, -0.1) is 0 Å². The van der Waals surface area contributed by atoms with Gasteiger partial charge in [-0.2, -0.15) is 0 Å². The normalized spacial score (nSPS) is 10.9. The van der Waals surface area contributed by atoms with Crippen molar-refractivity contribution in [2.45, 2.75) is 52.2 Å². The number of rotatable bonds is 9. The molecule has 0 spiro atoms. The fourth-order valence-corrected chi connectivity index (χ4v) is 2.26. The molecule has 1 heterocycles. The van der Waals surface area contributed by atoms with Crippen LogP contribution in [0.1, 0.15) is 45.6 Å². The summed E-state index contributed by atoms with van der Waals surface area (Å²) in [7, 11) is 0. The monoisotopic (exact) mass is 401 g/mol. The third kappa shape index (κ3) is 9.55. The van der Waals surface area contributed by atoms with E-state index in [0.29, 0.717) is 31.7 Å².